The first-order valence-corrected chi connectivity index (χ1v) is 6.03. The Balaban J connectivity index is 2.41. The van der Waals surface area contributed by atoms with Crippen molar-refractivity contribution in [2.45, 2.75) is 31.3 Å². The van der Waals surface area contributed by atoms with E-state index in [0.29, 0.717) is 17.3 Å². The molecule has 1 rings (SSSR count). The second kappa shape index (κ2) is 7.27. The van der Waals surface area contributed by atoms with Crippen molar-refractivity contribution in [2.75, 3.05) is 5.75 Å². The standard InChI is InChI=1S/C10H13F2N3S/c1-2-4-8-7-13-15-10(14-8)16-6-3-5-9(11)12/h5,7H,2-4,6H2,1H3. The summed E-state index contributed by atoms with van der Waals surface area (Å²) in [5.74, 6) is 0.536. The number of thioether (sulfide) groups is 1. The Kier molecular flexibility index (Phi) is 5.92. The van der Waals surface area contributed by atoms with E-state index in [-0.39, 0.29) is 0 Å². The van der Waals surface area contributed by atoms with Crippen LogP contribution in [0.15, 0.2) is 23.5 Å². The third-order valence-electron chi connectivity index (χ3n) is 1.74. The maximum Gasteiger partial charge on any atom is 0.266 e. The monoisotopic (exact) mass is 245 g/mol. The molecule has 88 valence electrons. The van der Waals surface area contributed by atoms with Gasteiger partial charge < -0.3 is 0 Å². The number of halogens is 2. The van der Waals surface area contributed by atoms with Gasteiger partial charge in [-0.1, -0.05) is 25.1 Å². The van der Waals surface area contributed by atoms with Crippen molar-refractivity contribution in [3.05, 3.63) is 24.0 Å². The Hall–Kier alpha value is -1.04. The average Bonchev–Trinajstić information content (AvgIpc) is 2.25. The first kappa shape index (κ1) is 13.0. The average molecular weight is 245 g/mol. The fraction of sp³-hybridized carbons (Fsp3) is 0.500. The summed E-state index contributed by atoms with van der Waals surface area (Å²) in [7, 11) is 0. The molecule has 0 amide bonds. The van der Waals surface area contributed by atoms with Gasteiger partial charge in [0.2, 0.25) is 5.16 Å². The van der Waals surface area contributed by atoms with Crippen LogP contribution in [0.5, 0.6) is 0 Å². The van der Waals surface area contributed by atoms with Crippen molar-refractivity contribution < 1.29 is 8.78 Å². The van der Waals surface area contributed by atoms with E-state index in [4.69, 9.17) is 0 Å². The second-order valence-corrected chi connectivity index (χ2v) is 4.17. The molecule has 0 saturated heterocycles. The number of rotatable bonds is 6. The summed E-state index contributed by atoms with van der Waals surface area (Å²) in [4.78, 5) is 4.26. The quantitative estimate of drug-likeness (QED) is 0.570. The molecule has 0 fully saturated rings. The van der Waals surface area contributed by atoms with E-state index in [1.807, 2.05) is 0 Å². The van der Waals surface area contributed by atoms with Gasteiger partial charge >= 0.3 is 0 Å². The van der Waals surface area contributed by atoms with Crippen LogP contribution in [0, 0.1) is 0 Å². The number of allylic oxidation sites excluding steroid dienone is 1. The largest absolute Gasteiger partial charge is 0.266 e. The fourth-order valence-electron chi connectivity index (χ4n) is 1.07. The van der Waals surface area contributed by atoms with Crippen molar-refractivity contribution in [1.29, 1.82) is 0 Å². The zero-order valence-corrected chi connectivity index (χ0v) is 9.81. The third kappa shape index (κ3) is 5.16. The topological polar surface area (TPSA) is 38.7 Å². The highest BCUT2D eigenvalue weighted by atomic mass is 32.2. The van der Waals surface area contributed by atoms with E-state index in [9.17, 15) is 8.78 Å². The summed E-state index contributed by atoms with van der Waals surface area (Å²) in [5, 5.41) is 8.21. The highest BCUT2D eigenvalue weighted by molar-refractivity contribution is 7.99. The smallest absolute Gasteiger partial charge is 0.225 e. The maximum atomic E-state index is 11.7. The SMILES string of the molecule is CCCc1cnnc(SCCC=C(F)F)n1. The fourth-order valence-corrected chi connectivity index (χ4v) is 1.78. The molecule has 0 unspecified atom stereocenters. The minimum absolute atomic E-state index is 0.314. The molecule has 1 aromatic rings. The minimum Gasteiger partial charge on any atom is -0.225 e. The summed E-state index contributed by atoms with van der Waals surface area (Å²) < 4.78 is 23.5. The molecule has 1 aromatic heterocycles. The van der Waals surface area contributed by atoms with Gasteiger partial charge in [-0.25, -0.2) is 4.98 Å². The Morgan fingerprint density at radius 1 is 1.50 bits per heavy atom. The molecule has 0 spiro atoms. The maximum absolute atomic E-state index is 11.7. The van der Waals surface area contributed by atoms with E-state index >= 15 is 0 Å². The molecule has 3 nitrogen and oxygen atoms in total. The highest BCUT2D eigenvalue weighted by Crippen LogP contribution is 2.14. The van der Waals surface area contributed by atoms with E-state index in [1.165, 1.54) is 11.8 Å². The molecule has 1 heterocycles. The number of aryl methyl sites for hydroxylation is 1. The predicted molar refractivity (Wildman–Crippen MR) is 59.5 cm³/mol. The zero-order valence-electron chi connectivity index (χ0n) is 8.99. The minimum atomic E-state index is -1.64. The van der Waals surface area contributed by atoms with Gasteiger partial charge in [0.05, 0.1) is 11.9 Å². The lowest BCUT2D eigenvalue weighted by Gasteiger charge is -1.99. The van der Waals surface area contributed by atoms with E-state index in [2.05, 4.69) is 22.1 Å². The number of hydrogen-bond acceptors (Lipinski definition) is 4. The van der Waals surface area contributed by atoms with Gasteiger partial charge in [0.15, 0.2) is 0 Å². The van der Waals surface area contributed by atoms with Crippen molar-refractivity contribution in [3.8, 4) is 0 Å². The summed E-state index contributed by atoms with van der Waals surface area (Å²) in [5.41, 5.74) is 0.896. The van der Waals surface area contributed by atoms with E-state index in [1.54, 1.807) is 6.20 Å². The van der Waals surface area contributed by atoms with Gasteiger partial charge in [0, 0.05) is 5.75 Å². The molecular weight excluding hydrogens is 232 g/mol. The summed E-state index contributed by atoms with van der Waals surface area (Å²) >= 11 is 1.34. The Bertz CT molecular complexity index is 354. The Morgan fingerprint density at radius 3 is 3.00 bits per heavy atom. The molecule has 16 heavy (non-hydrogen) atoms. The van der Waals surface area contributed by atoms with Crippen LogP contribution in [0.3, 0.4) is 0 Å². The molecule has 6 heteroatoms. The molecule has 0 N–H and O–H groups in total. The summed E-state index contributed by atoms with van der Waals surface area (Å²) in [6.45, 7) is 2.06. The Labute approximate surface area is 97.4 Å². The van der Waals surface area contributed by atoms with Crippen molar-refractivity contribution in [1.82, 2.24) is 15.2 Å². The third-order valence-corrected chi connectivity index (χ3v) is 2.61. The molecule has 0 bridgehead atoms. The van der Waals surface area contributed by atoms with E-state index in [0.717, 1.165) is 24.6 Å². The second-order valence-electron chi connectivity index (χ2n) is 3.11. The van der Waals surface area contributed by atoms with Gasteiger partial charge in [-0.05, 0) is 18.9 Å². The summed E-state index contributed by atoms with van der Waals surface area (Å²) in [6.07, 6.45) is 3.07. The van der Waals surface area contributed by atoms with Gasteiger partial charge in [-0.3, -0.25) is 0 Å². The van der Waals surface area contributed by atoms with Crippen molar-refractivity contribution in [3.63, 3.8) is 0 Å². The molecule has 0 aliphatic rings. The summed E-state index contributed by atoms with van der Waals surface area (Å²) in [6, 6.07) is 0. The first-order valence-electron chi connectivity index (χ1n) is 5.05. The van der Waals surface area contributed by atoms with Crippen LogP contribution in [0.1, 0.15) is 25.5 Å². The molecule has 0 aliphatic carbocycles. The van der Waals surface area contributed by atoms with Crippen LogP contribution in [0.4, 0.5) is 8.78 Å². The van der Waals surface area contributed by atoms with Gasteiger partial charge in [-0.2, -0.15) is 13.9 Å². The van der Waals surface area contributed by atoms with Crippen LogP contribution >= 0.6 is 11.8 Å². The van der Waals surface area contributed by atoms with E-state index < -0.39 is 6.08 Å². The Morgan fingerprint density at radius 2 is 2.31 bits per heavy atom. The predicted octanol–water partition coefficient (Wildman–Crippen LogP) is 3.09. The lowest BCUT2D eigenvalue weighted by Crippen LogP contribution is -1.97. The molecule has 0 aliphatic heterocycles. The lowest BCUT2D eigenvalue weighted by molar-refractivity contribution is 0.418. The van der Waals surface area contributed by atoms with Gasteiger partial charge in [0.1, 0.15) is 0 Å². The van der Waals surface area contributed by atoms with Crippen LogP contribution in [0.25, 0.3) is 0 Å². The molecule has 0 aromatic carbocycles. The van der Waals surface area contributed by atoms with Crippen LogP contribution < -0.4 is 0 Å². The van der Waals surface area contributed by atoms with Crippen molar-refractivity contribution >= 4 is 11.8 Å². The number of hydrogen-bond donors (Lipinski definition) is 0. The number of nitrogens with zero attached hydrogens (tertiary/aromatic N) is 3. The van der Waals surface area contributed by atoms with Gasteiger partial charge in [0.25, 0.3) is 6.08 Å². The molecular formula is C10H13F2N3S. The molecule has 0 saturated carbocycles. The molecule has 0 radical (unpaired) electrons. The number of aromatic nitrogens is 3. The van der Waals surface area contributed by atoms with Crippen LogP contribution in [-0.2, 0) is 6.42 Å². The zero-order chi connectivity index (χ0) is 11.8. The molecule has 0 atom stereocenters. The normalized spacial score (nSPS) is 10.2. The first-order chi connectivity index (χ1) is 7.72. The van der Waals surface area contributed by atoms with Crippen molar-refractivity contribution in [2.24, 2.45) is 0 Å². The lowest BCUT2D eigenvalue weighted by atomic mass is 10.3. The van der Waals surface area contributed by atoms with Crippen LogP contribution in [0.2, 0.25) is 0 Å². The van der Waals surface area contributed by atoms with Crippen LogP contribution in [-0.4, -0.2) is 20.9 Å². The highest BCUT2D eigenvalue weighted by Gasteiger charge is 2.00. The van der Waals surface area contributed by atoms with Gasteiger partial charge in [-0.15, -0.1) is 5.10 Å².